The molecular weight excluding hydrogens is 131 g/mol. The average molecular weight is 138 g/mol. The zero-order valence-corrected chi connectivity index (χ0v) is 7.26. The molecule has 0 unspecified atom stereocenters. The number of carboxylic acids is 1. The summed E-state index contributed by atoms with van der Waals surface area (Å²) in [5.74, 6) is -2.05. The van der Waals surface area contributed by atoms with E-state index in [1.165, 1.54) is 0 Å². The fraction of sp³-hybridized carbons (Fsp3) is 0.600. The van der Waals surface area contributed by atoms with E-state index in [2.05, 4.69) is 0 Å². The molecular formula is C5H7NaO3. The standard InChI is InChI=1S/C5H6O3.Na.H/c6-4(5(7)8)3-1-2-3;;/h3H,1-2H2,(H,7,8);;/q;+1;-1. The maximum absolute atomic E-state index is 10.3. The van der Waals surface area contributed by atoms with Crippen molar-refractivity contribution in [3.8, 4) is 0 Å². The summed E-state index contributed by atoms with van der Waals surface area (Å²) in [4.78, 5) is 20.1. The molecule has 1 aliphatic carbocycles. The summed E-state index contributed by atoms with van der Waals surface area (Å²) < 4.78 is 0. The quantitative estimate of drug-likeness (QED) is 0.330. The van der Waals surface area contributed by atoms with Crippen LogP contribution in [0.25, 0.3) is 0 Å². The Hall–Kier alpha value is 0.140. The van der Waals surface area contributed by atoms with Gasteiger partial charge in [-0.3, -0.25) is 4.79 Å². The van der Waals surface area contributed by atoms with Crippen molar-refractivity contribution >= 4 is 11.8 Å². The molecule has 4 heteroatoms. The van der Waals surface area contributed by atoms with Crippen molar-refractivity contribution in [3.05, 3.63) is 0 Å². The van der Waals surface area contributed by atoms with Gasteiger partial charge in [-0.25, -0.2) is 4.79 Å². The Morgan fingerprint density at radius 1 is 1.44 bits per heavy atom. The van der Waals surface area contributed by atoms with Gasteiger partial charge < -0.3 is 6.53 Å². The number of carbonyl (C=O) groups excluding carboxylic acids is 1. The van der Waals surface area contributed by atoms with Gasteiger partial charge in [-0.1, -0.05) is 0 Å². The zero-order chi connectivity index (χ0) is 6.15. The minimum absolute atomic E-state index is 0. The predicted molar refractivity (Wildman–Crippen MR) is 26.5 cm³/mol. The van der Waals surface area contributed by atoms with Gasteiger partial charge in [0.1, 0.15) is 0 Å². The average Bonchev–Trinajstić information content (AvgIpc) is 2.43. The molecule has 0 aromatic rings. The topological polar surface area (TPSA) is 54.4 Å². The predicted octanol–water partition coefficient (Wildman–Crippen LogP) is -2.83. The van der Waals surface area contributed by atoms with Gasteiger partial charge in [0.15, 0.2) is 0 Å². The Kier molecular flexibility index (Phi) is 3.40. The molecule has 1 fully saturated rings. The van der Waals surface area contributed by atoms with Crippen molar-refractivity contribution < 1.29 is 45.7 Å². The number of aliphatic carboxylic acids is 1. The molecule has 0 aromatic heterocycles. The molecule has 0 atom stereocenters. The molecule has 0 radical (unpaired) electrons. The van der Waals surface area contributed by atoms with Gasteiger partial charge in [-0.05, 0) is 12.8 Å². The van der Waals surface area contributed by atoms with Crippen molar-refractivity contribution in [2.24, 2.45) is 5.92 Å². The maximum atomic E-state index is 10.3. The summed E-state index contributed by atoms with van der Waals surface area (Å²) in [7, 11) is 0. The van der Waals surface area contributed by atoms with Crippen LogP contribution in [0.3, 0.4) is 0 Å². The van der Waals surface area contributed by atoms with Crippen LogP contribution in [0.5, 0.6) is 0 Å². The fourth-order valence-electron chi connectivity index (χ4n) is 0.520. The third-order valence-electron chi connectivity index (χ3n) is 1.16. The molecule has 0 amide bonds. The van der Waals surface area contributed by atoms with Gasteiger partial charge >= 0.3 is 35.5 Å². The first kappa shape index (κ1) is 9.14. The Labute approximate surface area is 76.2 Å². The van der Waals surface area contributed by atoms with E-state index in [-0.39, 0.29) is 36.9 Å². The molecule has 0 bridgehead atoms. The molecule has 1 rings (SSSR count). The molecule has 3 nitrogen and oxygen atoms in total. The van der Waals surface area contributed by atoms with E-state index in [0.29, 0.717) is 0 Å². The van der Waals surface area contributed by atoms with Crippen molar-refractivity contribution in [1.29, 1.82) is 0 Å². The van der Waals surface area contributed by atoms with Crippen LogP contribution in [0.15, 0.2) is 0 Å². The van der Waals surface area contributed by atoms with Gasteiger partial charge in [-0.15, -0.1) is 0 Å². The van der Waals surface area contributed by atoms with Crippen LogP contribution in [0.1, 0.15) is 14.3 Å². The van der Waals surface area contributed by atoms with Crippen molar-refractivity contribution in [2.45, 2.75) is 12.8 Å². The van der Waals surface area contributed by atoms with E-state index < -0.39 is 11.8 Å². The Balaban J connectivity index is 0. The van der Waals surface area contributed by atoms with Gasteiger partial charge in [-0.2, -0.15) is 0 Å². The number of Topliss-reactive ketones (excluding diaryl/α,β-unsaturated/α-hetero) is 1. The van der Waals surface area contributed by atoms with Gasteiger partial charge in [0.25, 0.3) is 0 Å². The van der Waals surface area contributed by atoms with Crippen molar-refractivity contribution in [2.75, 3.05) is 0 Å². The first-order valence-corrected chi connectivity index (χ1v) is 2.49. The zero-order valence-electron chi connectivity index (χ0n) is 6.26. The third-order valence-corrected chi connectivity index (χ3v) is 1.16. The van der Waals surface area contributed by atoms with Crippen LogP contribution in [0.4, 0.5) is 0 Å². The number of carboxylic acid groups (broad SMARTS) is 1. The number of carbonyl (C=O) groups is 2. The smallest absolute Gasteiger partial charge is 1.00 e. The molecule has 1 aliphatic rings. The Morgan fingerprint density at radius 3 is 2.00 bits per heavy atom. The number of rotatable bonds is 2. The van der Waals surface area contributed by atoms with E-state index in [0.717, 1.165) is 12.8 Å². The SMILES string of the molecule is O=C(O)C(=O)C1CC1.[H-].[Na+]. The van der Waals surface area contributed by atoms with Crippen LogP contribution in [-0.4, -0.2) is 16.9 Å². The van der Waals surface area contributed by atoms with Crippen LogP contribution in [-0.2, 0) is 9.59 Å². The third kappa shape index (κ3) is 2.47. The number of ketones is 1. The summed E-state index contributed by atoms with van der Waals surface area (Å²) in [5, 5.41) is 8.04. The maximum Gasteiger partial charge on any atom is 1.00 e. The summed E-state index contributed by atoms with van der Waals surface area (Å²) >= 11 is 0. The first-order valence-electron chi connectivity index (χ1n) is 2.49. The minimum Gasteiger partial charge on any atom is -1.00 e. The van der Waals surface area contributed by atoms with Crippen molar-refractivity contribution in [1.82, 2.24) is 0 Å². The monoisotopic (exact) mass is 138 g/mol. The Morgan fingerprint density at radius 2 is 1.89 bits per heavy atom. The molecule has 0 aromatic carbocycles. The van der Waals surface area contributed by atoms with E-state index in [9.17, 15) is 9.59 Å². The van der Waals surface area contributed by atoms with Crippen molar-refractivity contribution in [3.63, 3.8) is 0 Å². The van der Waals surface area contributed by atoms with Crippen LogP contribution < -0.4 is 29.6 Å². The molecule has 0 aliphatic heterocycles. The van der Waals surface area contributed by atoms with Crippen LogP contribution in [0, 0.1) is 5.92 Å². The summed E-state index contributed by atoms with van der Waals surface area (Å²) in [6, 6.07) is 0. The van der Waals surface area contributed by atoms with Gasteiger partial charge in [0.2, 0.25) is 5.78 Å². The van der Waals surface area contributed by atoms with Crippen LogP contribution in [0.2, 0.25) is 0 Å². The molecule has 1 saturated carbocycles. The summed E-state index contributed by atoms with van der Waals surface area (Å²) in [6.45, 7) is 0. The molecule has 1 N–H and O–H groups in total. The summed E-state index contributed by atoms with van der Waals surface area (Å²) in [6.07, 6.45) is 1.54. The van der Waals surface area contributed by atoms with E-state index in [4.69, 9.17) is 5.11 Å². The minimum atomic E-state index is -1.28. The second-order valence-corrected chi connectivity index (χ2v) is 1.94. The summed E-state index contributed by atoms with van der Waals surface area (Å²) in [5.41, 5.74) is 0. The second kappa shape index (κ2) is 3.34. The first-order chi connectivity index (χ1) is 3.72. The molecule has 0 saturated heterocycles. The fourth-order valence-corrected chi connectivity index (χ4v) is 0.520. The van der Waals surface area contributed by atoms with E-state index in [1.54, 1.807) is 0 Å². The van der Waals surface area contributed by atoms with Gasteiger partial charge in [0, 0.05) is 5.92 Å². The second-order valence-electron chi connectivity index (χ2n) is 1.94. The molecule has 0 heterocycles. The Bertz CT molecular complexity index is 144. The number of hydrogen-bond acceptors (Lipinski definition) is 2. The molecule has 9 heavy (non-hydrogen) atoms. The normalized spacial score (nSPS) is 16.0. The molecule has 46 valence electrons. The molecule has 0 spiro atoms. The largest absolute Gasteiger partial charge is 1.00 e. The number of hydrogen-bond donors (Lipinski definition) is 1. The van der Waals surface area contributed by atoms with E-state index >= 15 is 0 Å². The van der Waals surface area contributed by atoms with Crippen LogP contribution >= 0.6 is 0 Å². The van der Waals surface area contributed by atoms with E-state index in [1.807, 2.05) is 0 Å². The van der Waals surface area contributed by atoms with Gasteiger partial charge in [0.05, 0.1) is 0 Å².